The largest absolute Gasteiger partial charge is 0.480 e. The predicted molar refractivity (Wildman–Crippen MR) is 87.5 cm³/mol. The Balaban J connectivity index is 2.81. The van der Waals surface area contributed by atoms with Gasteiger partial charge in [-0.1, -0.05) is 12.8 Å². The molecular formula is C17H27NO7. The lowest BCUT2D eigenvalue weighted by Gasteiger charge is -2.23. The maximum absolute atomic E-state index is 12.2. The highest BCUT2D eigenvalue weighted by Crippen LogP contribution is 2.27. The summed E-state index contributed by atoms with van der Waals surface area (Å²) in [6.07, 6.45) is 3.76. The Kier molecular flexibility index (Phi) is 8.94. The fourth-order valence-corrected chi connectivity index (χ4v) is 3.03. The standard InChI is InChI=1S/C17H27NO7/c1-3-24-14(20)10-12(17(23)25-4-2)15(16(21)22)18-13(19)9-11-7-5-6-8-11/h11-12,15H,3-10H2,1-2H3,(H,18,19)(H,21,22)/t12-,15-/m1/s1. The van der Waals surface area contributed by atoms with Crippen molar-refractivity contribution in [2.45, 2.75) is 58.4 Å². The van der Waals surface area contributed by atoms with Crippen molar-refractivity contribution >= 4 is 23.8 Å². The van der Waals surface area contributed by atoms with Crippen molar-refractivity contribution in [3.8, 4) is 0 Å². The van der Waals surface area contributed by atoms with E-state index in [1.807, 2.05) is 0 Å². The molecule has 1 aliphatic carbocycles. The molecule has 0 bridgehead atoms. The third-order valence-corrected chi connectivity index (χ3v) is 4.21. The van der Waals surface area contributed by atoms with Gasteiger partial charge >= 0.3 is 17.9 Å². The van der Waals surface area contributed by atoms with E-state index in [2.05, 4.69) is 5.32 Å². The minimum absolute atomic E-state index is 0.0422. The molecule has 0 heterocycles. The highest BCUT2D eigenvalue weighted by atomic mass is 16.5. The summed E-state index contributed by atoms with van der Waals surface area (Å²) in [6, 6.07) is -1.53. The highest BCUT2D eigenvalue weighted by Gasteiger charge is 2.38. The normalized spacial score (nSPS) is 16.7. The summed E-state index contributed by atoms with van der Waals surface area (Å²) in [4.78, 5) is 47.6. The van der Waals surface area contributed by atoms with Crippen LogP contribution in [0.25, 0.3) is 0 Å². The number of rotatable bonds is 10. The first-order valence-electron chi connectivity index (χ1n) is 8.73. The topological polar surface area (TPSA) is 119 Å². The Labute approximate surface area is 147 Å². The fourth-order valence-electron chi connectivity index (χ4n) is 3.03. The van der Waals surface area contributed by atoms with E-state index in [4.69, 9.17) is 9.47 Å². The predicted octanol–water partition coefficient (Wildman–Crippen LogP) is 1.27. The summed E-state index contributed by atoms with van der Waals surface area (Å²) in [6.45, 7) is 3.34. The van der Waals surface area contributed by atoms with Crippen molar-refractivity contribution in [2.75, 3.05) is 13.2 Å². The molecule has 142 valence electrons. The quantitative estimate of drug-likeness (QED) is 0.565. The molecule has 25 heavy (non-hydrogen) atoms. The van der Waals surface area contributed by atoms with Crippen molar-refractivity contribution in [2.24, 2.45) is 11.8 Å². The van der Waals surface area contributed by atoms with Crippen LogP contribution in [0, 0.1) is 11.8 Å². The van der Waals surface area contributed by atoms with Crippen LogP contribution in [0.2, 0.25) is 0 Å². The van der Waals surface area contributed by atoms with E-state index in [-0.39, 0.29) is 25.6 Å². The first kappa shape index (κ1) is 20.9. The first-order chi connectivity index (χ1) is 11.9. The monoisotopic (exact) mass is 357 g/mol. The van der Waals surface area contributed by atoms with Crippen molar-refractivity contribution in [3.05, 3.63) is 0 Å². The lowest BCUT2D eigenvalue weighted by atomic mass is 9.95. The van der Waals surface area contributed by atoms with E-state index in [0.717, 1.165) is 25.7 Å². The molecule has 0 unspecified atom stereocenters. The van der Waals surface area contributed by atoms with Gasteiger partial charge in [0.2, 0.25) is 5.91 Å². The molecule has 1 rings (SSSR count). The Hall–Kier alpha value is -2.12. The Morgan fingerprint density at radius 1 is 1.08 bits per heavy atom. The molecule has 2 atom stereocenters. The number of carboxylic acid groups (broad SMARTS) is 1. The molecule has 0 aromatic rings. The van der Waals surface area contributed by atoms with E-state index in [1.165, 1.54) is 0 Å². The number of ether oxygens (including phenoxy) is 2. The van der Waals surface area contributed by atoms with Crippen LogP contribution >= 0.6 is 0 Å². The number of carbonyl (C=O) groups is 4. The number of carboxylic acids is 1. The van der Waals surface area contributed by atoms with Gasteiger partial charge < -0.3 is 19.9 Å². The zero-order chi connectivity index (χ0) is 18.8. The fraction of sp³-hybridized carbons (Fsp3) is 0.765. The molecular weight excluding hydrogens is 330 g/mol. The van der Waals surface area contributed by atoms with Gasteiger partial charge in [-0.05, 0) is 32.6 Å². The lowest BCUT2D eigenvalue weighted by Crippen LogP contribution is -2.50. The zero-order valence-electron chi connectivity index (χ0n) is 14.8. The third kappa shape index (κ3) is 7.11. The summed E-state index contributed by atoms with van der Waals surface area (Å²) in [5.74, 6) is -4.47. The van der Waals surface area contributed by atoms with Crippen molar-refractivity contribution in [1.82, 2.24) is 5.32 Å². The van der Waals surface area contributed by atoms with Crippen LogP contribution in [-0.2, 0) is 28.7 Å². The van der Waals surface area contributed by atoms with Gasteiger partial charge in [-0.25, -0.2) is 4.79 Å². The summed E-state index contributed by atoms with van der Waals surface area (Å²) >= 11 is 0. The van der Waals surface area contributed by atoms with Gasteiger partial charge in [-0.2, -0.15) is 0 Å². The number of carbonyl (C=O) groups excluding carboxylic acids is 3. The van der Waals surface area contributed by atoms with Crippen molar-refractivity contribution < 1.29 is 33.8 Å². The van der Waals surface area contributed by atoms with Gasteiger partial charge in [-0.3, -0.25) is 14.4 Å². The van der Waals surface area contributed by atoms with Crippen LogP contribution in [0.1, 0.15) is 52.4 Å². The van der Waals surface area contributed by atoms with Crippen molar-refractivity contribution in [3.63, 3.8) is 0 Å². The minimum atomic E-state index is -1.53. The molecule has 1 aliphatic rings. The van der Waals surface area contributed by atoms with Gasteiger partial charge in [0.05, 0.1) is 25.6 Å². The van der Waals surface area contributed by atoms with Gasteiger partial charge in [0, 0.05) is 6.42 Å². The second kappa shape index (κ2) is 10.7. The highest BCUT2D eigenvalue weighted by molar-refractivity contribution is 5.90. The Bertz CT molecular complexity index is 485. The summed E-state index contributed by atoms with van der Waals surface area (Å²) in [5.41, 5.74) is 0. The van der Waals surface area contributed by atoms with E-state index in [0.29, 0.717) is 0 Å². The van der Waals surface area contributed by atoms with Crippen LogP contribution in [0.3, 0.4) is 0 Å². The first-order valence-corrected chi connectivity index (χ1v) is 8.73. The summed E-state index contributed by atoms with van der Waals surface area (Å²) in [7, 11) is 0. The van der Waals surface area contributed by atoms with E-state index in [1.54, 1.807) is 13.8 Å². The third-order valence-electron chi connectivity index (χ3n) is 4.21. The Morgan fingerprint density at radius 2 is 1.68 bits per heavy atom. The molecule has 0 aromatic heterocycles. The minimum Gasteiger partial charge on any atom is -0.480 e. The second-order valence-electron chi connectivity index (χ2n) is 6.11. The molecule has 0 spiro atoms. The van der Waals surface area contributed by atoms with E-state index >= 15 is 0 Å². The van der Waals surface area contributed by atoms with Gasteiger partial charge in [0.1, 0.15) is 6.04 Å². The van der Waals surface area contributed by atoms with Gasteiger partial charge in [0.15, 0.2) is 0 Å². The molecule has 0 aromatic carbocycles. The van der Waals surface area contributed by atoms with Gasteiger partial charge in [0.25, 0.3) is 0 Å². The second-order valence-corrected chi connectivity index (χ2v) is 6.11. The molecule has 2 N–H and O–H groups in total. The SMILES string of the molecule is CCOC(=O)C[C@@H](C(=O)OCC)[C@@H](NC(=O)CC1CCCC1)C(=O)O. The van der Waals surface area contributed by atoms with Gasteiger partial charge in [-0.15, -0.1) is 0 Å². The smallest absolute Gasteiger partial charge is 0.327 e. The maximum atomic E-state index is 12.2. The number of hydrogen-bond donors (Lipinski definition) is 2. The molecule has 0 aliphatic heterocycles. The summed E-state index contributed by atoms with van der Waals surface area (Å²) in [5, 5.41) is 11.8. The molecule has 1 fully saturated rings. The number of aliphatic carboxylic acids is 1. The van der Waals surface area contributed by atoms with Crippen LogP contribution in [-0.4, -0.2) is 48.2 Å². The number of esters is 2. The molecule has 1 saturated carbocycles. The number of amides is 1. The van der Waals surface area contributed by atoms with Crippen LogP contribution in [0.4, 0.5) is 0 Å². The average Bonchev–Trinajstić information content (AvgIpc) is 3.03. The van der Waals surface area contributed by atoms with Crippen LogP contribution < -0.4 is 5.32 Å². The maximum Gasteiger partial charge on any atom is 0.327 e. The zero-order valence-corrected chi connectivity index (χ0v) is 14.8. The van der Waals surface area contributed by atoms with Crippen molar-refractivity contribution in [1.29, 1.82) is 0 Å². The molecule has 8 heteroatoms. The number of nitrogens with one attached hydrogen (secondary N) is 1. The van der Waals surface area contributed by atoms with E-state index < -0.39 is 42.2 Å². The molecule has 8 nitrogen and oxygen atoms in total. The van der Waals surface area contributed by atoms with E-state index in [9.17, 15) is 24.3 Å². The Morgan fingerprint density at radius 3 is 2.20 bits per heavy atom. The molecule has 0 saturated heterocycles. The average molecular weight is 357 g/mol. The summed E-state index contributed by atoms with van der Waals surface area (Å²) < 4.78 is 9.66. The molecule has 0 radical (unpaired) electrons. The molecule has 1 amide bonds. The number of hydrogen-bond acceptors (Lipinski definition) is 6. The van der Waals surface area contributed by atoms with Crippen LogP contribution in [0.15, 0.2) is 0 Å². The van der Waals surface area contributed by atoms with Crippen LogP contribution in [0.5, 0.6) is 0 Å². The lowest BCUT2D eigenvalue weighted by molar-refractivity contribution is -0.160.